The predicted octanol–water partition coefficient (Wildman–Crippen LogP) is 2.68. The lowest BCUT2D eigenvalue weighted by atomic mass is 10.3. The largest absolute Gasteiger partial charge is 0.506 e. The van der Waals surface area contributed by atoms with Crippen LogP contribution in [0.25, 0.3) is 0 Å². The molecule has 0 amide bonds. The molecule has 0 aliphatic heterocycles. The zero-order valence-corrected chi connectivity index (χ0v) is 7.77. The third-order valence-electron chi connectivity index (χ3n) is 1.76. The van der Waals surface area contributed by atoms with Crippen molar-refractivity contribution >= 4 is 6.16 Å². The Labute approximate surface area is 82.7 Å². The molecule has 0 spiro atoms. The van der Waals surface area contributed by atoms with Crippen LogP contribution in [0.1, 0.15) is 6.42 Å². The van der Waals surface area contributed by atoms with Gasteiger partial charge in [0.15, 0.2) is 0 Å². The van der Waals surface area contributed by atoms with E-state index in [2.05, 4.69) is 35.6 Å². The van der Waals surface area contributed by atoms with Crippen LogP contribution in [0.3, 0.4) is 0 Å². The van der Waals surface area contributed by atoms with Crippen LogP contribution in [0.15, 0.2) is 48.1 Å². The van der Waals surface area contributed by atoms with E-state index < -0.39 is 6.16 Å². The van der Waals surface area contributed by atoms with E-state index in [1.807, 2.05) is 0 Å². The third-order valence-corrected chi connectivity index (χ3v) is 1.76. The second kappa shape index (κ2) is 5.07. The Morgan fingerprint density at radius 2 is 2.07 bits per heavy atom. The van der Waals surface area contributed by atoms with Crippen molar-refractivity contribution in [3.8, 4) is 0 Å². The highest BCUT2D eigenvalue weighted by Crippen LogP contribution is 2.27. The van der Waals surface area contributed by atoms with Crippen molar-refractivity contribution in [3.63, 3.8) is 0 Å². The van der Waals surface area contributed by atoms with Crippen molar-refractivity contribution in [2.24, 2.45) is 0 Å². The van der Waals surface area contributed by atoms with Gasteiger partial charge in [-0.2, -0.15) is 0 Å². The summed E-state index contributed by atoms with van der Waals surface area (Å²) in [5.74, 6) is 0. The first-order chi connectivity index (χ1) is 6.72. The molecule has 0 atom stereocenters. The van der Waals surface area contributed by atoms with Crippen LogP contribution < -0.4 is 0 Å². The molecule has 3 nitrogen and oxygen atoms in total. The van der Waals surface area contributed by atoms with Crippen LogP contribution in [-0.4, -0.2) is 17.9 Å². The summed E-state index contributed by atoms with van der Waals surface area (Å²) in [6.45, 7) is 3.31. The van der Waals surface area contributed by atoms with E-state index in [1.165, 1.54) is 23.6 Å². The standard InChI is InChI=1S/C7H6.C4H6O3/c1-2-7-4-3-6(1)5-7;1-2-3-7-4(5)6/h1-4H,5H2;2H,1,3H2,(H,5,6). The van der Waals surface area contributed by atoms with E-state index in [0.29, 0.717) is 0 Å². The van der Waals surface area contributed by atoms with Gasteiger partial charge in [-0.3, -0.25) is 0 Å². The van der Waals surface area contributed by atoms with E-state index in [1.54, 1.807) is 0 Å². The van der Waals surface area contributed by atoms with Gasteiger partial charge < -0.3 is 9.84 Å². The van der Waals surface area contributed by atoms with Gasteiger partial charge in [0.05, 0.1) is 0 Å². The fraction of sp³-hybridized carbons (Fsp3) is 0.182. The molecule has 2 aliphatic carbocycles. The Morgan fingerprint density at radius 1 is 1.50 bits per heavy atom. The number of ether oxygens (including phenoxy) is 1. The molecule has 0 aromatic rings. The van der Waals surface area contributed by atoms with Gasteiger partial charge in [-0.1, -0.05) is 37.0 Å². The van der Waals surface area contributed by atoms with E-state index in [9.17, 15) is 4.79 Å². The lowest BCUT2D eigenvalue weighted by molar-refractivity contribution is 0.102. The first kappa shape index (κ1) is 10.3. The first-order valence-electron chi connectivity index (χ1n) is 4.27. The zero-order valence-electron chi connectivity index (χ0n) is 7.77. The predicted molar refractivity (Wildman–Crippen MR) is 54.1 cm³/mol. The molecule has 0 unspecified atom stereocenters. The van der Waals surface area contributed by atoms with Gasteiger partial charge in [0.1, 0.15) is 6.61 Å². The molecule has 0 heterocycles. The van der Waals surface area contributed by atoms with Crippen molar-refractivity contribution in [2.45, 2.75) is 6.42 Å². The summed E-state index contributed by atoms with van der Waals surface area (Å²) < 4.78 is 3.99. The third kappa shape index (κ3) is 3.31. The van der Waals surface area contributed by atoms with Crippen molar-refractivity contribution in [1.82, 2.24) is 0 Å². The van der Waals surface area contributed by atoms with E-state index in [4.69, 9.17) is 5.11 Å². The van der Waals surface area contributed by atoms with Gasteiger partial charge in [0.25, 0.3) is 0 Å². The topological polar surface area (TPSA) is 46.5 Å². The molecule has 0 saturated heterocycles. The minimum absolute atomic E-state index is 0.0648. The highest BCUT2D eigenvalue weighted by molar-refractivity contribution is 5.56. The quantitative estimate of drug-likeness (QED) is 0.540. The first-order valence-corrected chi connectivity index (χ1v) is 4.27. The lowest BCUT2D eigenvalue weighted by Gasteiger charge is -1.88. The van der Waals surface area contributed by atoms with Crippen molar-refractivity contribution in [1.29, 1.82) is 0 Å². The van der Waals surface area contributed by atoms with Crippen LogP contribution in [0.2, 0.25) is 0 Å². The number of rotatable bonds is 2. The summed E-state index contributed by atoms with van der Waals surface area (Å²) in [6.07, 6.45) is 10.0. The van der Waals surface area contributed by atoms with Gasteiger partial charge in [-0.05, 0) is 17.6 Å². The summed E-state index contributed by atoms with van der Waals surface area (Å²) in [7, 11) is 0. The molecule has 14 heavy (non-hydrogen) atoms. The molecule has 0 radical (unpaired) electrons. The maximum Gasteiger partial charge on any atom is 0.506 e. The summed E-state index contributed by atoms with van der Waals surface area (Å²) in [6, 6.07) is 0. The van der Waals surface area contributed by atoms with Gasteiger partial charge >= 0.3 is 6.16 Å². The van der Waals surface area contributed by atoms with Crippen molar-refractivity contribution < 1.29 is 14.6 Å². The van der Waals surface area contributed by atoms with Gasteiger partial charge in [0, 0.05) is 0 Å². The Hall–Kier alpha value is -1.77. The molecular weight excluding hydrogens is 180 g/mol. The second-order valence-corrected chi connectivity index (χ2v) is 2.86. The number of carboxylic acid groups (broad SMARTS) is 1. The molecule has 0 aromatic carbocycles. The van der Waals surface area contributed by atoms with Gasteiger partial charge in [-0.25, -0.2) is 4.79 Å². The Balaban J connectivity index is 0.000000140. The molecular formula is C11H12O3. The molecule has 0 fully saturated rings. The van der Waals surface area contributed by atoms with Gasteiger partial charge in [0.2, 0.25) is 0 Å². The average Bonchev–Trinajstić information content (AvgIpc) is 2.79. The Kier molecular flexibility index (Phi) is 3.73. The van der Waals surface area contributed by atoms with Gasteiger partial charge in [-0.15, -0.1) is 0 Å². The van der Waals surface area contributed by atoms with Crippen LogP contribution in [0, 0.1) is 0 Å². The van der Waals surface area contributed by atoms with Crippen LogP contribution in [-0.2, 0) is 4.74 Å². The molecule has 0 saturated carbocycles. The number of carbonyl (C=O) groups is 1. The Bertz CT molecular complexity index is 301. The number of allylic oxidation sites excluding steroid dienone is 6. The highest BCUT2D eigenvalue weighted by Gasteiger charge is 2.07. The molecule has 1 N–H and O–H groups in total. The fourth-order valence-electron chi connectivity index (χ4n) is 1.14. The molecule has 2 bridgehead atoms. The lowest BCUT2D eigenvalue weighted by Crippen LogP contribution is -1.98. The summed E-state index contributed by atoms with van der Waals surface area (Å²) in [5.41, 5.74) is 2.94. The molecule has 2 aliphatic rings. The average molecular weight is 192 g/mol. The molecule has 0 aromatic heterocycles. The number of hydrogen-bond acceptors (Lipinski definition) is 2. The van der Waals surface area contributed by atoms with Crippen molar-refractivity contribution in [2.75, 3.05) is 6.61 Å². The monoisotopic (exact) mass is 192 g/mol. The van der Waals surface area contributed by atoms with Crippen LogP contribution in [0.5, 0.6) is 0 Å². The fourth-order valence-corrected chi connectivity index (χ4v) is 1.14. The summed E-state index contributed by atoms with van der Waals surface area (Å²) in [5, 5.41) is 7.77. The summed E-state index contributed by atoms with van der Waals surface area (Å²) >= 11 is 0. The minimum atomic E-state index is -1.26. The highest BCUT2D eigenvalue weighted by atomic mass is 16.7. The van der Waals surface area contributed by atoms with E-state index in [0.717, 1.165) is 0 Å². The normalized spacial score (nSPS) is 15.1. The van der Waals surface area contributed by atoms with Crippen molar-refractivity contribution in [3.05, 3.63) is 48.1 Å². The maximum atomic E-state index is 9.49. The van der Waals surface area contributed by atoms with E-state index >= 15 is 0 Å². The maximum absolute atomic E-state index is 9.49. The number of fused-ring (bicyclic) bond motifs is 2. The molecule has 74 valence electrons. The zero-order chi connectivity index (χ0) is 10.4. The SMILES string of the molecule is C1=CC2=CC=C1C2.C=CCOC(=O)O. The van der Waals surface area contributed by atoms with Crippen LogP contribution >= 0.6 is 0 Å². The summed E-state index contributed by atoms with van der Waals surface area (Å²) in [4.78, 5) is 9.49. The molecule has 3 heteroatoms. The second-order valence-electron chi connectivity index (χ2n) is 2.86. The Morgan fingerprint density at radius 3 is 2.21 bits per heavy atom. The minimum Gasteiger partial charge on any atom is -0.450 e. The smallest absolute Gasteiger partial charge is 0.450 e. The van der Waals surface area contributed by atoms with Crippen LogP contribution in [0.4, 0.5) is 4.79 Å². The number of hydrogen-bond donors (Lipinski definition) is 1. The molecule has 2 rings (SSSR count). The van der Waals surface area contributed by atoms with E-state index in [-0.39, 0.29) is 6.61 Å².